The number of fused-ring (bicyclic) bond motifs is 3. The molecule has 0 spiro atoms. The summed E-state index contributed by atoms with van der Waals surface area (Å²) >= 11 is 0. The van der Waals surface area contributed by atoms with Gasteiger partial charge in [0, 0.05) is 18.4 Å². The Morgan fingerprint density at radius 3 is 2.64 bits per heavy atom. The Morgan fingerprint density at radius 2 is 1.82 bits per heavy atom. The normalized spacial score (nSPS) is 14.7. The van der Waals surface area contributed by atoms with Gasteiger partial charge in [0.1, 0.15) is 5.75 Å². The van der Waals surface area contributed by atoms with Crippen molar-refractivity contribution in [2.45, 2.75) is 26.1 Å². The van der Waals surface area contributed by atoms with E-state index in [1.54, 1.807) is 7.11 Å². The predicted octanol–water partition coefficient (Wildman–Crippen LogP) is 5.61. The zero-order chi connectivity index (χ0) is 22.8. The highest BCUT2D eigenvalue weighted by atomic mass is 16.5. The largest absolute Gasteiger partial charge is 0.497 e. The van der Waals surface area contributed by atoms with Crippen molar-refractivity contribution in [3.05, 3.63) is 119 Å². The average molecular weight is 438 g/mol. The van der Waals surface area contributed by atoms with E-state index in [9.17, 15) is 4.79 Å². The summed E-state index contributed by atoms with van der Waals surface area (Å²) in [7, 11) is 1.65. The number of benzene rings is 3. The molecule has 0 aliphatic carbocycles. The first-order valence-corrected chi connectivity index (χ1v) is 11.1. The minimum Gasteiger partial charge on any atom is -0.497 e. The number of hydrogen-bond acceptors (Lipinski definition) is 2. The van der Waals surface area contributed by atoms with E-state index in [1.165, 1.54) is 5.56 Å². The fraction of sp³-hybridized carbons (Fsp3) is 0.179. The third kappa shape index (κ3) is 4.10. The highest BCUT2D eigenvalue weighted by Crippen LogP contribution is 2.36. The summed E-state index contributed by atoms with van der Waals surface area (Å²) < 4.78 is 7.53. The first kappa shape index (κ1) is 20.9. The molecule has 1 aliphatic rings. The van der Waals surface area contributed by atoms with Crippen molar-refractivity contribution in [1.29, 1.82) is 0 Å². The molecule has 2 heterocycles. The maximum Gasteiger partial charge on any atom is 0.318 e. The quantitative estimate of drug-likeness (QED) is 0.451. The van der Waals surface area contributed by atoms with Crippen LogP contribution < -0.4 is 10.1 Å². The molecule has 3 aromatic carbocycles. The fourth-order valence-electron chi connectivity index (χ4n) is 4.50. The summed E-state index contributed by atoms with van der Waals surface area (Å²) in [5.41, 5.74) is 6.57. The first-order valence-electron chi connectivity index (χ1n) is 11.1. The standard InChI is InChI=1S/C28H27N3O2/c1-20-12-14-22(15-13-20)27-26-11-6-16-30(26)25-10-4-3-8-23(25)19-31(27)28(32)29-18-21-7-5-9-24(17-21)33-2/h3-17,27H,18-19H2,1-2H3,(H,29,32). The van der Waals surface area contributed by atoms with Crippen molar-refractivity contribution in [3.8, 4) is 11.4 Å². The number of aryl methyl sites for hydroxylation is 1. The van der Waals surface area contributed by atoms with Crippen molar-refractivity contribution < 1.29 is 9.53 Å². The van der Waals surface area contributed by atoms with Crippen molar-refractivity contribution in [2.24, 2.45) is 0 Å². The van der Waals surface area contributed by atoms with Crippen LogP contribution in [0, 0.1) is 6.92 Å². The molecular weight excluding hydrogens is 410 g/mol. The number of hydrogen-bond donors (Lipinski definition) is 1. The zero-order valence-electron chi connectivity index (χ0n) is 18.9. The molecule has 1 aromatic heterocycles. The van der Waals surface area contributed by atoms with Gasteiger partial charge in [-0.3, -0.25) is 0 Å². The van der Waals surface area contributed by atoms with Gasteiger partial charge < -0.3 is 19.5 Å². The Balaban J connectivity index is 1.53. The molecule has 1 unspecified atom stereocenters. The number of methoxy groups -OCH3 is 1. The van der Waals surface area contributed by atoms with Crippen LogP contribution in [0.15, 0.2) is 91.1 Å². The summed E-state index contributed by atoms with van der Waals surface area (Å²) in [6.07, 6.45) is 2.08. The van der Waals surface area contributed by atoms with Crippen molar-refractivity contribution in [2.75, 3.05) is 7.11 Å². The van der Waals surface area contributed by atoms with Gasteiger partial charge in [-0.2, -0.15) is 0 Å². The molecule has 1 N–H and O–H groups in total. The summed E-state index contributed by atoms with van der Waals surface area (Å²) in [4.78, 5) is 15.6. The lowest BCUT2D eigenvalue weighted by Gasteiger charge is -2.31. The molecule has 4 aromatic rings. The van der Waals surface area contributed by atoms with E-state index in [0.717, 1.165) is 33.8 Å². The average Bonchev–Trinajstić information content (AvgIpc) is 3.28. The Hall–Kier alpha value is -3.99. The van der Waals surface area contributed by atoms with Crippen LogP contribution in [0.5, 0.6) is 5.75 Å². The molecular formula is C28H27N3O2. The van der Waals surface area contributed by atoms with E-state index in [4.69, 9.17) is 4.74 Å². The minimum absolute atomic E-state index is 0.104. The van der Waals surface area contributed by atoms with Crippen LogP contribution in [0.1, 0.15) is 34.0 Å². The molecule has 0 saturated heterocycles. The molecule has 5 nitrogen and oxygen atoms in total. The van der Waals surface area contributed by atoms with Crippen LogP contribution in [0.3, 0.4) is 0 Å². The molecule has 33 heavy (non-hydrogen) atoms. The minimum atomic E-state index is -0.210. The van der Waals surface area contributed by atoms with Crippen LogP contribution in [-0.2, 0) is 13.1 Å². The second-order valence-corrected chi connectivity index (χ2v) is 8.38. The zero-order valence-corrected chi connectivity index (χ0v) is 18.9. The fourth-order valence-corrected chi connectivity index (χ4v) is 4.50. The van der Waals surface area contributed by atoms with E-state index in [1.807, 2.05) is 47.4 Å². The number of para-hydroxylation sites is 1. The lowest BCUT2D eigenvalue weighted by Crippen LogP contribution is -2.41. The number of nitrogens with one attached hydrogen (secondary N) is 1. The summed E-state index contributed by atoms with van der Waals surface area (Å²) in [5, 5.41) is 3.13. The number of carbonyl (C=O) groups is 1. The van der Waals surface area contributed by atoms with Gasteiger partial charge in [0.05, 0.1) is 25.4 Å². The van der Waals surface area contributed by atoms with Crippen LogP contribution in [0.25, 0.3) is 5.69 Å². The van der Waals surface area contributed by atoms with Gasteiger partial charge in [-0.15, -0.1) is 0 Å². The second-order valence-electron chi connectivity index (χ2n) is 8.38. The molecule has 0 saturated carbocycles. The Labute approximate surface area is 194 Å². The third-order valence-electron chi connectivity index (χ3n) is 6.20. The Kier molecular flexibility index (Phi) is 5.61. The van der Waals surface area contributed by atoms with Crippen LogP contribution in [-0.4, -0.2) is 22.6 Å². The van der Waals surface area contributed by atoms with Crippen molar-refractivity contribution in [3.63, 3.8) is 0 Å². The molecule has 1 atom stereocenters. The lowest BCUT2D eigenvalue weighted by atomic mass is 10.0. The monoisotopic (exact) mass is 437 g/mol. The maximum absolute atomic E-state index is 13.6. The van der Waals surface area contributed by atoms with Crippen molar-refractivity contribution in [1.82, 2.24) is 14.8 Å². The highest BCUT2D eigenvalue weighted by molar-refractivity contribution is 5.76. The van der Waals surface area contributed by atoms with E-state index in [0.29, 0.717) is 13.1 Å². The highest BCUT2D eigenvalue weighted by Gasteiger charge is 2.32. The van der Waals surface area contributed by atoms with Gasteiger partial charge in [0.15, 0.2) is 0 Å². The number of nitrogens with zero attached hydrogens (tertiary/aromatic N) is 2. The Bertz CT molecular complexity index is 1280. The van der Waals surface area contributed by atoms with E-state index in [-0.39, 0.29) is 12.1 Å². The maximum atomic E-state index is 13.6. The second kappa shape index (κ2) is 8.87. The molecule has 0 fully saturated rings. The number of rotatable bonds is 4. The summed E-state index contributed by atoms with van der Waals surface area (Å²) in [6, 6.07) is 28.3. The van der Waals surface area contributed by atoms with Crippen molar-refractivity contribution >= 4 is 6.03 Å². The topological polar surface area (TPSA) is 46.5 Å². The molecule has 5 heteroatoms. The third-order valence-corrected chi connectivity index (χ3v) is 6.20. The Morgan fingerprint density at radius 1 is 1.00 bits per heavy atom. The predicted molar refractivity (Wildman–Crippen MR) is 130 cm³/mol. The van der Waals surface area contributed by atoms with Gasteiger partial charge in [0.25, 0.3) is 0 Å². The molecule has 5 rings (SSSR count). The SMILES string of the molecule is COc1cccc(CNC(=O)N2Cc3ccccc3-n3cccc3C2c2ccc(C)cc2)c1. The first-order chi connectivity index (χ1) is 16.1. The van der Waals surface area contributed by atoms with Crippen LogP contribution in [0.4, 0.5) is 4.79 Å². The van der Waals surface area contributed by atoms with E-state index >= 15 is 0 Å². The van der Waals surface area contributed by atoms with E-state index in [2.05, 4.69) is 65.5 Å². The molecule has 1 aliphatic heterocycles. The van der Waals surface area contributed by atoms with Gasteiger partial charge in [0.2, 0.25) is 0 Å². The van der Waals surface area contributed by atoms with Gasteiger partial charge in [-0.05, 0) is 53.9 Å². The summed E-state index contributed by atoms with van der Waals surface area (Å²) in [6.45, 7) is 3.02. The molecule has 0 radical (unpaired) electrons. The molecule has 166 valence electrons. The number of amides is 2. The lowest BCUT2D eigenvalue weighted by molar-refractivity contribution is 0.180. The smallest absolute Gasteiger partial charge is 0.318 e. The molecule has 2 amide bonds. The van der Waals surface area contributed by atoms with Gasteiger partial charge in [-0.1, -0.05) is 60.2 Å². The molecule has 0 bridgehead atoms. The summed E-state index contributed by atoms with van der Waals surface area (Å²) in [5.74, 6) is 0.779. The van der Waals surface area contributed by atoms with Crippen LogP contribution >= 0.6 is 0 Å². The van der Waals surface area contributed by atoms with Gasteiger partial charge in [-0.25, -0.2) is 4.79 Å². The van der Waals surface area contributed by atoms with E-state index < -0.39 is 0 Å². The van der Waals surface area contributed by atoms with Gasteiger partial charge >= 0.3 is 6.03 Å². The number of aromatic nitrogens is 1. The number of urea groups is 1. The van der Waals surface area contributed by atoms with Crippen LogP contribution in [0.2, 0.25) is 0 Å². The number of carbonyl (C=O) groups excluding carboxylic acids is 1. The number of ether oxygens (including phenoxy) is 1.